The second-order valence-electron chi connectivity index (χ2n) is 7.69. The number of methoxy groups -OCH3 is 1. The van der Waals surface area contributed by atoms with Gasteiger partial charge in [0.2, 0.25) is 0 Å². The van der Waals surface area contributed by atoms with E-state index in [4.69, 9.17) is 9.47 Å². The molecule has 1 fully saturated rings. The zero-order valence-electron chi connectivity index (χ0n) is 15.5. The first-order chi connectivity index (χ1) is 12.0. The van der Waals surface area contributed by atoms with Gasteiger partial charge >= 0.3 is 0 Å². The van der Waals surface area contributed by atoms with Crippen molar-refractivity contribution in [3.05, 3.63) is 23.3 Å². The van der Waals surface area contributed by atoms with E-state index < -0.39 is 6.67 Å². The number of aliphatic hydroxyl groups excluding tert-OH is 1. The summed E-state index contributed by atoms with van der Waals surface area (Å²) in [5, 5.41) is 10.7. The zero-order chi connectivity index (χ0) is 18.0. The third-order valence-corrected chi connectivity index (χ3v) is 5.48. The molecule has 0 amide bonds. The van der Waals surface area contributed by atoms with Gasteiger partial charge in [0.05, 0.1) is 13.2 Å². The van der Waals surface area contributed by atoms with Gasteiger partial charge in [-0.1, -0.05) is 13.8 Å². The molecule has 0 aliphatic carbocycles. The fourth-order valence-electron chi connectivity index (χ4n) is 4.36. The number of fused-ring (bicyclic) bond motifs is 3. The van der Waals surface area contributed by atoms with Crippen molar-refractivity contribution in [2.45, 2.75) is 45.3 Å². The van der Waals surface area contributed by atoms with Crippen molar-refractivity contribution in [3.63, 3.8) is 0 Å². The van der Waals surface area contributed by atoms with Crippen LogP contribution >= 0.6 is 0 Å². The molecule has 0 aromatic heterocycles. The second kappa shape index (κ2) is 7.92. The lowest BCUT2D eigenvalue weighted by Gasteiger charge is -2.46. The standard InChI is InChI=1S/C20H30FNO3/c1-13(2)8-15-12-22-6-4-14-9-20(25-7-5-21)19(24-3)10-16(14)17(22)11-18(15)23/h9-10,13,15,17-18,23H,4-8,11-12H2,1-3H3/i21-1. The summed E-state index contributed by atoms with van der Waals surface area (Å²) < 4.78 is 23.4. The highest BCUT2D eigenvalue weighted by atomic mass is 18.2. The number of alkyl halides is 1. The number of hydrogen-bond donors (Lipinski definition) is 1. The minimum absolute atomic E-state index is 0.0420. The summed E-state index contributed by atoms with van der Waals surface area (Å²) in [5.74, 6) is 2.21. The van der Waals surface area contributed by atoms with Gasteiger partial charge in [-0.05, 0) is 54.4 Å². The van der Waals surface area contributed by atoms with Crippen LogP contribution in [-0.2, 0) is 6.42 Å². The fourth-order valence-corrected chi connectivity index (χ4v) is 4.36. The number of piperidine rings is 1. The van der Waals surface area contributed by atoms with Gasteiger partial charge < -0.3 is 14.6 Å². The number of hydrogen-bond acceptors (Lipinski definition) is 4. The van der Waals surface area contributed by atoms with E-state index in [0.717, 1.165) is 32.4 Å². The molecule has 1 saturated heterocycles. The number of nitrogens with zero attached hydrogens (tertiary/aromatic N) is 1. The lowest BCUT2D eigenvalue weighted by molar-refractivity contribution is -0.0191. The summed E-state index contributed by atoms with van der Waals surface area (Å²) >= 11 is 0. The van der Waals surface area contributed by atoms with Crippen LogP contribution < -0.4 is 9.47 Å². The summed E-state index contributed by atoms with van der Waals surface area (Å²) in [5.41, 5.74) is 2.45. The van der Waals surface area contributed by atoms with Crippen LogP contribution in [0.3, 0.4) is 0 Å². The summed E-state index contributed by atoms with van der Waals surface area (Å²) in [4.78, 5) is 2.50. The third kappa shape index (κ3) is 3.93. The molecular weight excluding hydrogens is 320 g/mol. The van der Waals surface area contributed by atoms with Crippen LogP contribution in [0.4, 0.5) is 4.39 Å². The maximum Gasteiger partial charge on any atom is 0.161 e. The Morgan fingerprint density at radius 1 is 1.32 bits per heavy atom. The molecule has 0 saturated carbocycles. The summed E-state index contributed by atoms with van der Waals surface area (Å²) in [6, 6.07) is 4.24. The quantitative estimate of drug-likeness (QED) is 0.854. The Balaban J connectivity index is 1.84. The lowest BCUT2D eigenvalue weighted by Crippen LogP contribution is -2.48. The number of aliphatic hydroxyl groups is 1. The monoisotopic (exact) mass is 350 g/mol. The Hall–Kier alpha value is -1.33. The van der Waals surface area contributed by atoms with Crippen molar-refractivity contribution in [2.24, 2.45) is 11.8 Å². The molecule has 0 radical (unpaired) electrons. The highest BCUT2D eigenvalue weighted by molar-refractivity contribution is 5.49. The first-order valence-electron chi connectivity index (χ1n) is 9.35. The van der Waals surface area contributed by atoms with E-state index in [1.807, 2.05) is 12.1 Å². The third-order valence-electron chi connectivity index (χ3n) is 5.48. The van der Waals surface area contributed by atoms with Crippen molar-refractivity contribution in [2.75, 3.05) is 33.5 Å². The van der Waals surface area contributed by atoms with E-state index in [-0.39, 0.29) is 18.8 Å². The Kier molecular flexibility index (Phi) is 5.85. The molecule has 1 N–H and O–H groups in total. The average Bonchev–Trinajstić information content (AvgIpc) is 2.59. The fraction of sp³-hybridized carbons (Fsp3) is 0.700. The summed E-state index contributed by atoms with van der Waals surface area (Å²) in [6.45, 7) is 5.91. The van der Waals surface area contributed by atoms with Crippen LogP contribution in [0.25, 0.3) is 0 Å². The molecular formula is C20H30FNO3. The SMILES string of the molecule is COc1cc2c(cc1OCC[18F])CCN1CC(CC(C)C)C(O)CC21. The summed E-state index contributed by atoms with van der Waals surface area (Å²) in [6.07, 6.45) is 2.52. The van der Waals surface area contributed by atoms with E-state index >= 15 is 0 Å². The van der Waals surface area contributed by atoms with Crippen molar-refractivity contribution >= 4 is 0 Å². The van der Waals surface area contributed by atoms with Crippen LogP contribution in [0.1, 0.15) is 43.9 Å². The van der Waals surface area contributed by atoms with Crippen LogP contribution in [-0.4, -0.2) is 49.6 Å². The van der Waals surface area contributed by atoms with E-state index in [2.05, 4.69) is 18.7 Å². The van der Waals surface area contributed by atoms with E-state index in [1.165, 1.54) is 11.1 Å². The molecule has 2 aliphatic rings. The van der Waals surface area contributed by atoms with Gasteiger partial charge in [0.1, 0.15) is 13.3 Å². The van der Waals surface area contributed by atoms with Gasteiger partial charge in [0.25, 0.3) is 0 Å². The molecule has 25 heavy (non-hydrogen) atoms. The van der Waals surface area contributed by atoms with Crippen molar-refractivity contribution < 1.29 is 19.0 Å². The zero-order valence-corrected chi connectivity index (χ0v) is 15.5. The first kappa shape index (κ1) is 18.5. The maximum absolute atomic E-state index is 12.4. The number of rotatable bonds is 6. The molecule has 5 heteroatoms. The van der Waals surface area contributed by atoms with Crippen molar-refractivity contribution in [3.8, 4) is 11.5 Å². The molecule has 140 valence electrons. The Labute approximate surface area is 149 Å². The minimum Gasteiger partial charge on any atom is -0.493 e. The molecule has 3 rings (SSSR count). The number of benzene rings is 1. The maximum atomic E-state index is 12.4. The minimum atomic E-state index is -0.514. The molecule has 3 unspecified atom stereocenters. The van der Waals surface area contributed by atoms with Gasteiger partial charge in [-0.15, -0.1) is 0 Å². The number of halogens is 1. The Bertz CT molecular complexity index is 593. The highest BCUT2D eigenvalue weighted by Crippen LogP contribution is 2.43. The van der Waals surface area contributed by atoms with Gasteiger partial charge in [-0.2, -0.15) is 0 Å². The van der Waals surface area contributed by atoms with Crippen LogP contribution in [0, 0.1) is 11.8 Å². The van der Waals surface area contributed by atoms with Crippen molar-refractivity contribution in [1.29, 1.82) is 0 Å². The first-order valence-corrected chi connectivity index (χ1v) is 9.35. The average molecular weight is 350 g/mol. The van der Waals surface area contributed by atoms with Crippen LogP contribution in [0.2, 0.25) is 0 Å². The molecule has 1 aromatic rings. The molecule has 1 aromatic carbocycles. The predicted molar refractivity (Wildman–Crippen MR) is 96.1 cm³/mol. The van der Waals surface area contributed by atoms with Crippen molar-refractivity contribution in [1.82, 2.24) is 4.90 Å². The largest absolute Gasteiger partial charge is 0.493 e. The van der Waals surface area contributed by atoms with E-state index in [9.17, 15) is 9.50 Å². The second-order valence-corrected chi connectivity index (χ2v) is 7.69. The molecule has 2 heterocycles. The molecule has 2 aliphatic heterocycles. The van der Waals surface area contributed by atoms with Gasteiger partial charge in [0.15, 0.2) is 11.5 Å². The Morgan fingerprint density at radius 3 is 2.80 bits per heavy atom. The van der Waals surface area contributed by atoms with Gasteiger partial charge in [-0.3, -0.25) is 4.90 Å². The topological polar surface area (TPSA) is 41.9 Å². The molecule has 0 bridgehead atoms. The van der Waals surface area contributed by atoms with Crippen LogP contribution in [0.5, 0.6) is 11.5 Å². The van der Waals surface area contributed by atoms with E-state index in [1.54, 1.807) is 7.11 Å². The number of ether oxygens (including phenoxy) is 2. The highest BCUT2D eigenvalue weighted by Gasteiger charge is 2.38. The predicted octanol–water partition coefficient (Wildman–Crippen LogP) is 3.37. The molecule has 4 nitrogen and oxygen atoms in total. The summed E-state index contributed by atoms with van der Waals surface area (Å²) in [7, 11) is 1.61. The smallest absolute Gasteiger partial charge is 0.161 e. The van der Waals surface area contributed by atoms with Gasteiger partial charge in [0, 0.05) is 19.1 Å². The lowest BCUT2D eigenvalue weighted by atomic mass is 9.79. The molecule has 0 spiro atoms. The van der Waals surface area contributed by atoms with Gasteiger partial charge in [-0.25, -0.2) is 4.39 Å². The van der Waals surface area contributed by atoms with Crippen LogP contribution in [0.15, 0.2) is 12.1 Å². The van der Waals surface area contributed by atoms with E-state index in [0.29, 0.717) is 23.3 Å². The molecule has 3 atom stereocenters. The Morgan fingerprint density at radius 2 is 2.12 bits per heavy atom. The normalized spacial score (nSPS) is 26.2.